The van der Waals surface area contributed by atoms with Gasteiger partial charge in [0.25, 0.3) is 0 Å². The van der Waals surface area contributed by atoms with Gasteiger partial charge in [-0.25, -0.2) is 0 Å². The van der Waals surface area contributed by atoms with Crippen LogP contribution in [-0.4, -0.2) is 92.9 Å². The maximum absolute atomic E-state index is 12.0. The number of nitrogens with one attached hydrogen (secondary N) is 2. The summed E-state index contributed by atoms with van der Waals surface area (Å²) >= 11 is 0. The molecule has 1 amide bonds. The van der Waals surface area contributed by atoms with Crippen LogP contribution < -0.4 is 10.6 Å². The van der Waals surface area contributed by atoms with Crippen molar-refractivity contribution in [2.75, 3.05) is 66.1 Å². The molecule has 0 aliphatic carbocycles. The summed E-state index contributed by atoms with van der Waals surface area (Å²) in [4.78, 5) is 21.3. The molecule has 0 spiro atoms. The number of rotatable bonds is 9. The van der Waals surface area contributed by atoms with Gasteiger partial charge >= 0.3 is 0 Å². The second kappa shape index (κ2) is 11.8. The first-order valence-electron chi connectivity index (χ1n) is 10.4. The molecular weight excluding hydrogens is 372 g/mol. The molecule has 29 heavy (non-hydrogen) atoms. The molecule has 2 heterocycles. The minimum absolute atomic E-state index is 0.0457. The van der Waals surface area contributed by atoms with Crippen molar-refractivity contribution in [2.24, 2.45) is 4.99 Å². The maximum Gasteiger partial charge on any atom is 0.234 e. The topological polar surface area (TPSA) is 95.2 Å². The molecule has 1 aromatic heterocycles. The lowest BCUT2D eigenvalue weighted by molar-refractivity contribution is -0.122. The zero-order valence-electron chi connectivity index (χ0n) is 18.5. The third kappa shape index (κ3) is 7.01. The normalized spacial score (nSPS) is 16.7. The number of aliphatic imine (C=N–C) groups is 1. The van der Waals surface area contributed by atoms with Crippen LogP contribution in [0, 0.1) is 13.8 Å². The Labute approximate surface area is 173 Å². The third-order valence-corrected chi connectivity index (χ3v) is 5.10. The summed E-state index contributed by atoms with van der Waals surface area (Å²) in [5.41, 5.74) is 2.08. The lowest BCUT2D eigenvalue weighted by Gasteiger charge is -2.36. The molecule has 1 aliphatic heterocycles. The summed E-state index contributed by atoms with van der Waals surface area (Å²) < 4.78 is 10.2. The molecule has 9 nitrogen and oxygen atoms in total. The van der Waals surface area contributed by atoms with Crippen LogP contribution in [0.3, 0.4) is 0 Å². The van der Waals surface area contributed by atoms with E-state index in [1.807, 2.05) is 13.8 Å². The van der Waals surface area contributed by atoms with Crippen molar-refractivity contribution < 1.29 is 14.1 Å². The number of nitrogens with zero attached hydrogens (tertiary/aromatic N) is 4. The molecule has 1 atom stereocenters. The molecule has 0 saturated carbocycles. The Balaban J connectivity index is 1.86. The molecule has 1 saturated heterocycles. The van der Waals surface area contributed by atoms with Crippen molar-refractivity contribution in [3.05, 3.63) is 17.0 Å². The maximum atomic E-state index is 12.0. The van der Waals surface area contributed by atoms with Crippen LogP contribution in [0.2, 0.25) is 0 Å². The lowest BCUT2D eigenvalue weighted by Crippen LogP contribution is -2.54. The minimum atomic E-state index is 0.0457. The third-order valence-electron chi connectivity index (χ3n) is 5.10. The van der Waals surface area contributed by atoms with Gasteiger partial charge in [0.15, 0.2) is 5.96 Å². The standard InChI is InChI=1S/C20H36N6O3/c1-6-21-20(23-13-15(2)19-16(3)24-29-17(19)4)26-10-8-25(9-11-26)14-18(27)22-7-12-28-5/h15H,6-14H2,1-5H3,(H,21,23)(H,22,27). The molecule has 0 bridgehead atoms. The number of guanidine groups is 1. The fraction of sp³-hybridized carbons (Fsp3) is 0.750. The number of hydrogen-bond donors (Lipinski definition) is 2. The van der Waals surface area contributed by atoms with Crippen molar-refractivity contribution in [3.63, 3.8) is 0 Å². The van der Waals surface area contributed by atoms with Crippen molar-refractivity contribution in [1.82, 2.24) is 25.6 Å². The van der Waals surface area contributed by atoms with Crippen molar-refractivity contribution in [1.29, 1.82) is 0 Å². The van der Waals surface area contributed by atoms with E-state index in [0.717, 1.165) is 55.7 Å². The highest BCUT2D eigenvalue weighted by atomic mass is 16.5. The van der Waals surface area contributed by atoms with Crippen LogP contribution in [0.25, 0.3) is 0 Å². The summed E-state index contributed by atoms with van der Waals surface area (Å²) in [5, 5.41) is 10.3. The Morgan fingerprint density at radius 3 is 2.59 bits per heavy atom. The second-order valence-electron chi connectivity index (χ2n) is 7.44. The van der Waals surface area contributed by atoms with E-state index in [9.17, 15) is 4.79 Å². The Bertz CT molecular complexity index is 648. The van der Waals surface area contributed by atoms with Gasteiger partial charge in [-0.05, 0) is 20.8 Å². The van der Waals surface area contributed by atoms with E-state index in [0.29, 0.717) is 26.2 Å². The highest BCUT2D eigenvalue weighted by molar-refractivity contribution is 5.80. The predicted molar refractivity (Wildman–Crippen MR) is 113 cm³/mol. The minimum Gasteiger partial charge on any atom is -0.383 e. The van der Waals surface area contributed by atoms with Gasteiger partial charge in [-0.15, -0.1) is 0 Å². The molecule has 1 unspecified atom stereocenters. The molecule has 0 radical (unpaired) electrons. The molecule has 2 rings (SSSR count). The Kier molecular flexibility index (Phi) is 9.40. The van der Waals surface area contributed by atoms with Gasteiger partial charge in [0, 0.05) is 64.4 Å². The fourth-order valence-electron chi connectivity index (χ4n) is 3.60. The van der Waals surface area contributed by atoms with E-state index in [1.165, 1.54) is 0 Å². The van der Waals surface area contributed by atoms with E-state index in [2.05, 4.69) is 39.4 Å². The second-order valence-corrected chi connectivity index (χ2v) is 7.44. The average molecular weight is 409 g/mol. The number of aromatic nitrogens is 1. The molecule has 1 fully saturated rings. The van der Waals surface area contributed by atoms with Gasteiger partial charge in [0.05, 0.1) is 18.8 Å². The average Bonchev–Trinajstić information content (AvgIpc) is 3.04. The quantitative estimate of drug-likeness (QED) is 0.353. The SMILES string of the molecule is CCNC(=NCC(C)c1c(C)noc1C)N1CCN(CC(=O)NCCOC)CC1. The van der Waals surface area contributed by atoms with Crippen molar-refractivity contribution in [2.45, 2.75) is 33.6 Å². The number of carbonyl (C=O) groups is 1. The highest BCUT2D eigenvalue weighted by Gasteiger charge is 2.22. The Hall–Kier alpha value is -2.13. The number of carbonyl (C=O) groups excluding carboxylic acids is 1. The molecule has 0 aromatic carbocycles. The fourth-order valence-corrected chi connectivity index (χ4v) is 3.60. The van der Waals surface area contributed by atoms with E-state index in [4.69, 9.17) is 14.3 Å². The van der Waals surface area contributed by atoms with Gasteiger partial charge in [-0.1, -0.05) is 12.1 Å². The number of hydrogen-bond acceptors (Lipinski definition) is 6. The lowest BCUT2D eigenvalue weighted by atomic mass is 10.00. The number of amides is 1. The monoisotopic (exact) mass is 408 g/mol. The van der Waals surface area contributed by atoms with E-state index < -0.39 is 0 Å². The number of aryl methyl sites for hydroxylation is 2. The predicted octanol–water partition coefficient (Wildman–Crippen LogP) is 0.741. The summed E-state index contributed by atoms with van der Waals surface area (Å²) in [6.45, 7) is 14.5. The smallest absolute Gasteiger partial charge is 0.234 e. The van der Waals surface area contributed by atoms with Crippen molar-refractivity contribution in [3.8, 4) is 0 Å². The Morgan fingerprint density at radius 1 is 1.28 bits per heavy atom. The van der Waals surface area contributed by atoms with Gasteiger partial charge in [0.2, 0.25) is 5.91 Å². The summed E-state index contributed by atoms with van der Waals surface area (Å²) in [7, 11) is 1.63. The summed E-state index contributed by atoms with van der Waals surface area (Å²) in [6.07, 6.45) is 0. The van der Waals surface area contributed by atoms with E-state index in [1.54, 1.807) is 7.11 Å². The number of piperazine rings is 1. The van der Waals surface area contributed by atoms with Gasteiger partial charge in [-0.3, -0.25) is 14.7 Å². The van der Waals surface area contributed by atoms with Crippen molar-refractivity contribution >= 4 is 11.9 Å². The zero-order valence-corrected chi connectivity index (χ0v) is 18.5. The summed E-state index contributed by atoms with van der Waals surface area (Å²) in [6, 6.07) is 0. The molecule has 2 N–H and O–H groups in total. The largest absolute Gasteiger partial charge is 0.383 e. The van der Waals surface area contributed by atoms with Crippen LogP contribution in [0.5, 0.6) is 0 Å². The van der Waals surface area contributed by atoms with E-state index >= 15 is 0 Å². The zero-order chi connectivity index (χ0) is 21.2. The van der Waals surface area contributed by atoms with E-state index in [-0.39, 0.29) is 11.8 Å². The first-order valence-corrected chi connectivity index (χ1v) is 10.4. The molecule has 1 aromatic rings. The highest BCUT2D eigenvalue weighted by Crippen LogP contribution is 2.23. The van der Waals surface area contributed by atoms with Gasteiger partial charge in [0.1, 0.15) is 5.76 Å². The molecular formula is C20H36N6O3. The number of ether oxygens (including phenoxy) is 1. The van der Waals surface area contributed by atoms with Crippen LogP contribution in [0.1, 0.15) is 36.8 Å². The Morgan fingerprint density at radius 2 is 2.00 bits per heavy atom. The van der Waals surface area contributed by atoms with Crippen LogP contribution >= 0.6 is 0 Å². The molecule has 164 valence electrons. The first-order chi connectivity index (χ1) is 14.0. The van der Waals surface area contributed by atoms with Gasteiger partial charge < -0.3 is 24.8 Å². The summed E-state index contributed by atoms with van der Waals surface area (Å²) in [5.74, 6) is 2.08. The van der Waals surface area contributed by atoms with Crippen LogP contribution in [0.15, 0.2) is 9.52 Å². The van der Waals surface area contributed by atoms with Crippen LogP contribution in [-0.2, 0) is 9.53 Å². The number of methoxy groups -OCH3 is 1. The molecule has 9 heteroatoms. The molecule has 1 aliphatic rings. The first kappa shape index (κ1) is 23.2. The van der Waals surface area contributed by atoms with Gasteiger partial charge in [-0.2, -0.15) is 0 Å². The van der Waals surface area contributed by atoms with Crippen LogP contribution in [0.4, 0.5) is 0 Å².